The van der Waals surface area contributed by atoms with Crippen LogP contribution in [0, 0.1) is 17.8 Å². The zero-order valence-electron chi connectivity index (χ0n) is 19.5. The van der Waals surface area contributed by atoms with E-state index in [9.17, 15) is 9.90 Å². The van der Waals surface area contributed by atoms with Crippen molar-refractivity contribution in [3.05, 3.63) is 41.6 Å². The summed E-state index contributed by atoms with van der Waals surface area (Å²) in [7, 11) is 3.61. The fourth-order valence-electron chi connectivity index (χ4n) is 7.03. The summed E-state index contributed by atoms with van der Waals surface area (Å²) in [6, 6.07) is 10.7. The molecule has 5 fully saturated rings. The molecular weight excluding hydrogens is 416 g/mol. The summed E-state index contributed by atoms with van der Waals surface area (Å²) in [4.78, 5) is 15.6. The van der Waals surface area contributed by atoms with Gasteiger partial charge in [-0.2, -0.15) is 5.10 Å². The highest BCUT2D eigenvalue weighted by molar-refractivity contribution is 5.93. The maximum Gasteiger partial charge on any atom is 0.272 e. The Morgan fingerprint density at radius 3 is 2.67 bits per heavy atom. The predicted molar refractivity (Wildman–Crippen MR) is 125 cm³/mol. The molecule has 0 radical (unpaired) electrons. The van der Waals surface area contributed by atoms with Crippen LogP contribution in [0.2, 0.25) is 0 Å². The number of hydrogen-bond donors (Lipinski definition) is 2. The van der Waals surface area contributed by atoms with E-state index in [2.05, 4.69) is 27.4 Å². The minimum atomic E-state index is -0.485. The summed E-state index contributed by atoms with van der Waals surface area (Å²) in [6.45, 7) is 0.759. The van der Waals surface area contributed by atoms with E-state index in [1.165, 1.54) is 5.56 Å². The number of anilines is 1. The van der Waals surface area contributed by atoms with Gasteiger partial charge in [-0.05, 0) is 80.4 Å². The predicted octanol–water partition coefficient (Wildman–Crippen LogP) is 3.27. The number of amides is 1. The number of aryl methyl sites for hydroxylation is 1. The molecule has 33 heavy (non-hydrogen) atoms. The van der Waals surface area contributed by atoms with Crippen LogP contribution in [-0.4, -0.2) is 45.6 Å². The Balaban J connectivity index is 1.19. The third-order valence-electron chi connectivity index (χ3n) is 8.40. The fourth-order valence-corrected chi connectivity index (χ4v) is 7.03. The molecule has 4 bridgehead atoms. The molecule has 5 aliphatic carbocycles. The molecule has 1 aromatic carbocycles. The van der Waals surface area contributed by atoms with E-state index < -0.39 is 5.60 Å². The molecule has 1 heterocycles. The number of aliphatic hydroxyl groups is 1. The van der Waals surface area contributed by atoms with E-state index >= 15 is 0 Å². The van der Waals surface area contributed by atoms with Gasteiger partial charge < -0.3 is 20.1 Å². The zero-order valence-corrected chi connectivity index (χ0v) is 19.5. The number of nitrogens with one attached hydrogen (secondary N) is 1. The molecule has 176 valence electrons. The van der Waals surface area contributed by atoms with Gasteiger partial charge in [-0.15, -0.1) is 0 Å². The molecule has 5 aliphatic rings. The standard InChI is InChI=1S/C26H34N4O3/c1-29-23(30(20-6-7-20)15-16-4-3-5-21(10-16)33-2)11-22(28-29)25(31)27-24-18-8-17-9-19(24)14-26(32,12-17)13-18/h3-5,10-11,17-20,24,32H,6-9,12-15H2,1-2H3,(H,27,31)/t17?,18?,19?,24-,26-. The summed E-state index contributed by atoms with van der Waals surface area (Å²) >= 11 is 0. The summed E-state index contributed by atoms with van der Waals surface area (Å²) in [5, 5.41) is 18.8. The monoisotopic (exact) mass is 450 g/mol. The first-order valence-electron chi connectivity index (χ1n) is 12.4. The number of carbonyl (C=O) groups excluding carboxylic acids is 1. The van der Waals surface area contributed by atoms with E-state index in [4.69, 9.17) is 4.74 Å². The van der Waals surface area contributed by atoms with Gasteiger partial charge in [-0.1, -0.05) is 12.1 Å². The largest absolute Gasteiger partial charge is 0.497 e. The molecule has 2 unspecified atom stereocenters. The number of rotatable bonds is 7. The van der Waals surface area contributed by atoms with Gasteiger partial charge in [-0.25, -0.2) is 0 Å². The molecule has 7 nitrogen and oxygen atoms in total. The molecule has 0 saturated heterocycles. The molecule has 2 aromatic rings. The Bertz CT molecular complexity index is 1050. The van der Waals surface area contributed by atoms with E-state index in [0.29, 0.717) is 29.5 Å². The maximum atomic E-state index is 13.2. The van der Waals surface area contributed by atoms with Crippen LogP contribution in [0.3, 0.4) is 0 Å². The van der Waals surface area contributed by atoms with Crippen LogP contribution in [0.5, 0.6) is 5.75 Å². The van der Waals surface area contributed by atoms with Gasteiger partial charge in [0.1, 0.15) is 11.6 Å². The van der Waals surface area contributed by atoms with Crippen LogP contribution in [0.15, 0.2) is 30.3 Å². The van der Waals surface area contributed by atoms with Crippen LogP contribution in [-0.2, 0) is 13.6 Å². The Labute approximate surface area is 195 Å². The van der Waals surface area contributed by atoms with Crippen molar-refractivity contribution in [2.45, 2.75) is 69.2 Å². The first-order chi connectivity index (χ1) is 15.9. The third-order valence-corrected chi connectivity index (χ3v) is 8.40. The second-order valence-electron chi connectivity index (χ2n) is 10.9. The van der Waals surface area contributed by atoms with Crippen molar-refractivity contribution < 1.29 is 14.6 Å². The van der Waals surface area contributed by atoms with Crippen LogP contribution >= 0.6 is 0 Å². The minimum Gasteiger partial charge on any atom is -0.497 e. The topological polar surface area (TPSA) is 79.6 Å². The molecule has 1 amide bonds. The first-order valence-corrected chi connectivity index (χ1v) is 12.4. The normalized spacial score (nSPS) is 32.1. The number of carbonyl (C=O) groups is 1. The van der Waals surface area contributed by atoms with Crippen LogP contribution < -0.4 is 15.0 Å². The lowest BCUT2D eigenvalue weighted by molar-refractivity contribution is -0.136. The minimum absolute atomic E-state index is 0.0848. The van der Waals surface area contributed by atoms with Gasteiger partial charge >= 0.3 is 0 Å². The molecule has 0 spiro atoms. The second-order valence-corrected chi connectivity index (χ2v) is 10.9. The van der Waals surface area contributed by atoms with Gasteiger partial charge in [-0.3, -0.25) is 9.48 Å². The summed E-state index contributed by atoms with van der Waals surface area (Å²) in [5.41, 5.74) is 1.18. The van der Waals surface area contributed by atoms with Gasteiger partial charge in [0.2, 0.25) is 0 Å². The fraction of sp³-hybridized carbons (Fsp3) is 0.615. The zero-order chi connectivity index (χ0) is 22.7. The highest BCUT2D eigenvalue weighted by Gasteiger charge is 2.55. The molecule has 5 saturated carbocycles. The SMILES string of the molecule is COc1cccc(CN(c2cc(C(=O)N[C@H]3C4CC5CC3C[C@](O)(C5)C4)nn2C)C2CC2)c1. The lowest BCUT2D eigenvalue weighted by atomic mass is 9.52. The van der Waals surface area contributed by atoms with Crippen molar-refractivity contribution >= 4 is 11.7 Å². The molecule has 7 heteroatoms. The Morgan fingerprint density at radius 1 is 1.24 bits per heavy atom. The quantitative estimate of drug-likeness (QED) is 0.677. The maximum absolute atomic E-state index is 13.2. The van der Waals surface area contributed by atoms with Gasteiger partial charge in [0.25, 0.3) is 5.91 Å². The van der Waals surface area contributed by atoms with Crippen LogP contribution in [0.1, 0.15) is 61.0 Å². The van der Waals surface area contributed by atoms with Crippen molar-refractivity contribution in [1.29, 1.82) is 0 Å². The van der Waals surface area contributed by atoms with Crippen molar-refractivity contribution in [1.82, 2.24) is 15.1 Å². The number of hydrogen-bond acceptors (Lipinski definition) is 5. The summed E-state index contributed by atoms with van der Waals surface area (Å²) in [6.07, 6.45) is 7.19. The third kappa shape index (κ3) is 3.90. The van der Waals surface area contributed by atoms with Gasteiger partial charge in [0, 0.05) is 31.7 Å². The highest BCUT2D eigenvalue weighted by atomic mass is 16.5. The summed E-state index contributed by atoms with van der Waals surface area (Å²) in [5.74, 6) is 3.16. The number of ether oxygens (including phenoxy) is 1. The number of benzene rings is 1. The van der Waals surface area contributed by atoms with Crippen molar-refractivity contribution in [3.8, 4) is 5.75 Å². The summed E-state index contributed by atoms with van der Waals surface area (Å²) < 4.78 is 7.23. The lowest BCUT2D eigenvalue weighted by Crippen LogP contribution is -2.61. The smallest absolute Gasteiger partial charge is 0.272 e. The van der Waals surface area contributed by atoms with Gasteiger partial charge in [0.15, 0.2) is 5.69 Å². The van der Waals surface area contributed by atoms with Crippen molar-refractivity contribution in [2.75, 3.05) is 12.0 Å². The first kappa shape index (κ1) is 21.0. The lowest BCUT2D eigenvalue weighted by Gasteiger charge is -2.58. The average molecular weight is 451 g/mol. The van der Waals surface area contributed by atoms with E-state index in [-0.39, 0.29) is 11.9 Å². The average Bonchev–Trinajstić information content (AvgIpc) is 3.55. The van der Waals surface area contributed by atoms with E-state index in [1.54, 1.807) is 7.11 Å². The van der Waals surface area contributed by atoms with E-state index in [0.717, 1.165) is 63.1 Å². The highest BCUT2D eigenvalue weighted by Crippen LogP contribution is 2.55. The molecule has 1 aromatic heterocycles. The van der Waals surface area contributed by atoms with Crippen molar-refractivity contribution in [3.63, 3.8) is 0 Å². The molecule has 2 N–H and O–H groups in total. The van der Waals surface area contributed by atoms with Crippen molar-refractivity contribution in [2.24, 2.45) is 24.8 Å². The molecule has 0 aliphatic heterocycles. The van der Waals surface area contributed by atoms with Crippen LogP contribution in [0.25, 0.3) is 0 Å². The van der Waals surface area contributed by atoms with Gasteiger partial charge in [0.05, 0.1) is 12.7 Å². The number of nitrogens with zero attached hydrogens (tertiary/aromatic N) is 3. The number of aromatic nitrogens is 2. The number of methoxy groups -OCH3 is 1. The van der Waals surface area contributed by atoms with E-state index in [1.807, 2.05) is 29.9 Å². The molecule has 2 atom stereocenters. The Kier molecular flexibility index (Phi) is 4.94. The molecule has 7 rings (SSSR count). The molecular formula is C26H34N4O3. The van der Waals surface area contributed by atoms with Crippen LogP contribution in [0.4, 0.5) is 5.82 Å². The Morgan fingerprint density at radius 2 is 2.00 bits per heavy atom. The second kappa shape index (κ2) is 7.76. The Hall–Kier alpha value is -2.54.